The number of pyridine rings is 1. The Bertz CT molecular complexity index is 1630. The Morgan fingerprint density at radius 2 is 1.74 bits per heavy atom. The number of alkyl halides is 2. The van der Waals surface area contributed by atoms with Gasteiger partial charge in [0.25, 0.3) is 11.8 Å². The van der Waals surface area contributed by atoms with E-state index < -0.39 is 60.4 Å². The number of nitrogens with one attached hydrogen (secondary N) is 1. The van der Waals surface area contributed by atoms with Crippen molar-refractivity contribution >= 4 is 29.2 Å². The highest BCUT2D eigenvalue weighted by Crippen LogP contribution is 2.39. The molecule has 2 aromatic carbocycles. The Labute approximate surface area is 246 Å². The van der Waals surface area contributed by atoms with E-state index in [1.807, 2.05) is 12.1 Å². The molecule has 2 fully saturated rings. The van der Waals surface area contributed by atoms with Crippen LogP contribution in [0.25, 0.3) is 0 Å². The Morgan fingerprint density at radius 3 is 2.40 bits per heavy atom. The quantitative estimate of drug-likeness (QED) is 0.423. The van der Waals surface area contributed by atoms with Crippen molar-refractivity contribution in [1.82, 2.24) is 10.3 Å². The fourth-order valence-corrected chi connectivity index (χ4v) is 5.26. The standard InChI is InChI=1S/C30H23F3N6O3.CH4/c31-21-10-19(17-35)11-23(13-21)38(27(20-4-2-1-3-5-20)28(41)37-22-14-30(32,33)15-22)29(42)24-6-7-26(40)39(24)25-12-18(16-34)8-9-36-25;/h1-5,8-13,22,24,27H,6-7,14-15H2,(H,37,41);1H4/t24-,27-;/m0./s1. The first-order valence-corrected chi connectivity index (χ1v) is 13.1. The van der Waals surface area contributed by atoms with Gasteiger partial charge >= 0.3 is 0 Å². The van der Waals surface area contributed by atoms with Crippen molar-refractivity contribution in [1.29, 1.82) is 10.5 Å². The van der Waals surface area contributed by atoms with Gasteiger partial charge in [-0.05, 0) is 42.3 Å². The highest BCUT2D eigenvalue weighted by atomic mass is 19.3. The zero-order valence-electron chi connectivity index (χ0n) is 22.0. The molecular formula is C31H27F3N6O3. The molecular weight excluding hydrogens is 561 g/mol. The predicted molar refractivity (Wildman–Crippen MR) is 150 cm³/mol. The van der Waals surface area contributed by atoms with E-state index in [9.17, 15) is 38.1 Å². The van der Waals surface area contributed by atoms with Crippen LogP contribution in [0.4, 0.5) is 24.7 Å². The molecule has 5 rings (SSSR count). The Kier molecular flexibility index (Phi) is 8.81. The van der Waals surface area contributed by atoms with Crippen molar-refractivity contribution < 1.29 is 27.6 Å². The van der Waals surface area contributed by atoms with Crippen molar-refractivity contribution in [2.45, 2.75) is 57.2 Å². The summed E-state index contributed by atoms with van der Waals surface area (Å²) in [5.41, 5.74) is 0.219. The average Bonchev–Trinajstić information content (AvgIpc) is 3.35. The summed E-state index contributed by atoms with van der Waals surface area (Å²) < 4.78 is 41.9. The molecule has 0 radical (unpaired) electrons. The Morgan fingerprint density at radius 1 is 1.05 bits per heavy atom. The number of aromatic nitrogens is 1. The second-order valence-corrected chi connectivity index (χ2v) is 10.1. The zero-order valence-corrected chi connectivity index (χ0v) is 22.0. The summed E-state index contributed by atoms with van der Waals surface area (Å²) in [5, 5.41) is 21.4. The first-order valence-electron chi connectivity index (χ1n) is 13.1. The maximum absolute atomic E-state index is 14.8. The van der Waals surface area contributed by atoms with E-state index >= 15 is 0 Å². The molecule has 12 heteroatoms. The molecule has 1 aliphatic carbocycles. The molecule has 220 valence electrons. The zero-order chi connectivity index (χ0) is 30.0. The van der Waals surface area contributed by atoms with E-state index in [2.05, 4.69) is 10.3 Å². The van der Waals surface area contributed by atoms with Gasteiger partial charge in [-0.25, -0.2) is 18.2 Å². The maximum Gasteiger partial charge on any atom is 0.252 e. The van der Waals surface area contributed by atoms with Crippen LogP contribution < -0.4 is 15.1 Å². The number of hydrogen-bond donors (Lipinski definition) is 1. The summed E-state index contributed by atoms with van der Waals surface area (Å²) in [6.45, 7) is 0. The molecule has 0 unspecified atom stereocenters. The van der Waals surface area contributed by atoms with Crippen molar-refractivity contribution in [3.63, 3.8) is 0 Å². The van der Waals surface area contributed by atoms with Crippen molar-refractivity contribution in [2.75, 3.05) is 9.80 Å². The van der Waals surface area contributed by atoms with E-state index in [-0.39, 0.29) is 48.5 Å². The molecule has 1 aromatic heterocycles. The third-order valence-corrected chi connectivity index (χ3v) is 7.20. The van der Waals surface area contributed by atoms with Crippen LogP contribution in [-0.4, -0.2) is 40.7 Å². The minimum absolute atomic E-state index is 0. The molecule has 3 amide bonds. The predicted octanol–water partition coefficient (Wildman–Crippen LogP) is 4.78. The van der Waals surface area contributed by atoms with Crippen molar-refractivity contribution in [2.24, 2.45) is 0 Å². The Balaban J connectivity index is 0.00000423. The van der Waals surface area contributed by atoms with Crippen LogP contribution in [0.2, 0.25) is 0 Å². The van der Waals surface area contributed by atoms with E-state index in [4.69, 9.17) is 0 Å². The molecule has 9 nitrogen and oxygen atoms in total. The number of hydrogen-bond acceptors (Lipinski definition) is 6. The van der Waals surface area contributed by atoms with Gasteiger partial charge in [-0.2, -0.15) is 10.5 Å². The lowest BCUT2D eigenvalue weighted by Crippen LogP contribution is -2.56. The van der Waals surface area contributed by atoms with Crippen LogP contribution in [0.1, 0.15) is 55.8 Å². The van der Waals surface area contributed by atoms with Gasteiger partial charge < -0.3 is 5.32 Å². The smallest absolute Gasteiger partial charge is 0.252 e. The molecule has 1 N–H and O–H groups in total. The summed E-state index contributed by atoms with van der Waals surface area (Å²) in [5.74, 6) is -5.76. The molecule has 43 heavy (non-hydrogen) atoms. The van der Waals surface area contributed by atoms with Gasteiger partial charge in [-0.1, -0.05) is 37.8 Å². The van der Waals surface area contributed by atoms with Crippen LogP contribution in [0.5, 0.6) is 0 Å². The number of amides is 3. The molecule has 1 saturated carbocycles. The molecule has 1 saturated heterocycles. The van der Waals surface area contributed by atoms with Crippen LogP contribution in [0.15, 0.2) is 66.9 Å². The molecule has 1 aliphatic heterocycles. The summed E-state index contributed by atoms with van der Waals surface area (Å²) in [6.07, 6.45) is 0.149. The number of nitriles is 2. The normalized spacial score (nSPS) is 17.9. The lowest BCUT2D eigenvalue weighted by molar-refractivity contribution is -0.133. The third kappa shape index (κ3) is 6.33. The van der Waals surface area contributed by atoms with E-state index in [0.29, 0.717) is 0 Å². The molecule has 3 aromatic rings. The fraction of sp³-hybridized carbons (Fsp3) is 0.290. The van der Waals surface area contributed by atoms with Gasteiger partial charge in [0.15, 0.2) is 0 Å². The van der Waals surface area contributed by atoms with Gasteiger partial charge in [0, 0.05) is 37.2 Å². The summed E-state index contributed by atoms with van der Waals surface area (Å²) in [7, 11) is 0. The van der Waals surface area contributed by atoms with Crippen LogP contribution in [0.3, 0.4) is 0 Å². The Hall–Kier alpha value is -5.23. The fourth-order valence-electron chi connectivity index (χ4n) is 5.26. The largest absolute Gasteiger partial charge is 0.351 e. The van der Waals surface area contributed by atoms with E-state index in [1.165, 1.54) is 24.4 Å². The topological polar surface area (TPSA) is 130 Å². The lowest BCUT2D eigenvalue weighted by atomic mass is 9.87. The van der Waals surface area contributed by atoms with E-state index in [0.717, 1.165) is 21.9 Å². The number of rotatable bonds is 7. The minimum Gasteiger partial charge on any atom is -0.351 e. The summed E-state index contributed by atoms with van der Waals surface area (Å²) in [6, 6.07) is 14.2. The molecule has 2 heterocycles. The molecule has 0 spiro atoms. The number of benzene rings is 2. The number of anilines is 2. The van der Waals surface area contributed by atoms with Crippen molar-refractivity contribution in [3.8, 4) is 12.1 Å². The molecule has 2 aliphatic rings. The van der Waals surface area contributed by atoms with Gasteiger partial charge in [-0.3, -0.25) is 24.2 Å². The van der Waals surface area contributed by atoms with Gasteiger partial charge in [0.1, 0.15) is 23.7 Å². The van der Waals surface area contributed by atoms with E-state index in [1.54, 1.807) is 30.3 Å². The maximum atomic E-state index is 14.8. The second kappa shape index (κ2) is 12.3. The SMILES string of the molecule is C.N#Cc1cc(F)cc(N(C(=O)[C@@H]2CCC(=O)N2c2cc(C#N)ccn2)[C@H](C(=O)NC2CC(F)(F)C2)c2ccccc2)c1. The molecule has 2 atom stereocenters. The minimum atomic E-state index is -2.92. The number of carbonyl (C=O) groups excluding carboxylic acids is 3. The number of nitrogens with zero attached hydrogens (tertiary/aromatic N) is 5. The first kappa shape index (κ1) is 30.7. The summed E-state index contributed by atoms with van der Waals surface area (Å²) in [4.78, 5) is 47.6. The molecule has 0 bridgehead atoms. The van der Waals surface area contributed by atoms with Crippen LogP contribution in [-0.2, 0) is 14.4 Å². The highest BCUT2D eigenvalue weighted by molar-refractivity contribution is 6.10. The van der Waals surface area contributed by atoms with Gasteiger partial charge in [0.05, 0.1) is 23.3 Å². The van der Waals surface area contributed by atoms with Crippen LogP contribution >= 0.6 is 0 Å². The average molecular weight is 589 g/mol. The first-order chi connectivity index (χ1) is 20.1. The van der Waals surface area contributed by atoms with Gasteiger partial charge in [0.2, 0.25) is 11.8 Å². The second-order valence-electron chi connectivity index (χ2n) is 10.1. The number of carbonyl (C=O) groups is 3. The summed E-state index contributed by atoms with van der Waals surface area (Å²) >= 11 is 0. The van der Waals surface area contributed by atoms with Crippen LogP contribution in [0, 0.1) is 28.5 Å². The monoisotopic (exact) mass is 588 g/mol. The van der Waals surface area contributed by atoms with Gasteiger partial charge in [-0.15, -0.1) is 0 Å². The third-order valence-electron chi connectivity index (χ3n) is 7.20. The van der Waals surface area contributed by atoms with Crippen molar-refractivity contribution in [3.05, 3.63) is 89.4 Å². The highest BCUT2D eigenvalue weighted by Gasteiger charge is 2.48. The lowest BCUT2D eigenvalue weighted by Gasteiger charge is -2.39. The number of halogens is 3.